The summed E-state index contributed by atoms with van der Waals surface area (Å²) in [5.41, 5.74) is -0.442. The number of nitrogens with zero attached hydrogens (tertiary/aromatic N) is 6. The van der Waals surface area contributed by atoms with E-state index in [4.69, 9.17) is 10.00 Å². The van der Waals surface area contributed by atoms with Gasteiger partial charge in [-0.2, -0.15) is 23.5 Å². The number of halogens is 3. The SMILES string of the molecule is CC1(C)[C@H](NC(=O)c2ccc(N3CCC(CN4CCN(c5ccc6c(=O)n([C@@H]7CCC(=O)NC7=O)ncc6c5)CC4)CC3)cc2)C(C)(C)[C@H]1Oc1ccc(C#N)c(C(F)(F)F)c1. The average molecular weight is 853 g/mol. The van der Waals surface area contributed by atoms with Gasteiger partial charge >= 0.3 is 6.18 Å². The number of carbonyl (C=O) groups is 3. The van der Waals surface area contributed by atoms with Gasteiger partial charge in [-0.25, -0.2) is 4.68 Å². The van der Waals surface area contributed by atoms with Crippen LogP contribution in [0.4, 0.5) is 24.5 Å². The van der Waals surface area contributed by atoms with Gasteiger partial charge in [0, 0.05) is 91.4 Å². The maximum atomic E-state index is 13.6. The second-order valence-electron chi connectivity index (χ2n) is 18.3. The molecule has 1 aliphatic carbocycles. The topological polar surface area (TPSA) is 153 Å². The first-order valence-electron chi connectivity index (χ1n) is 21.2. The number of hydrogen-bond donors (Lipinski definition) is 2. The van der Waals surface area contributed by atoms with Gasteiger partial charge in [0.05, 0.1) is 28.8 Å². The molecule has 0 bridgehead atoms. The Morgan fingerprint density at radius 3 is 2.19 bits per heavy atom. The van der Waals surface area contributed by atoms with E-state index in [-0.39, 0.29) is 42.0 Å². The quantitative estimate of drug-likeness (QED) is 0.194. The fourth-order valence-corrected chi connectivity index (χ4v) is 10.3. The van der Waals surface area contributed by atoms with Crippen molar-refractivity contribution in [2.75, 3.05) is 55.6 Å². The second kappa shape index (κ2) is 16.4. The number of piperidine rings is 2. The fraction of sp³-hybridized carbons (Fsp3) is 0.478. The predicted octanol–water partition coefficient (Wildman–Crippen LogP) is 5.92. The number of benzene rings is 3. The first-order valence-corrected chi connectivity index (χ1v) is 21.2. The molecule has 1 saturated carbocycles. The number of hydrogen-bond acceptors (Lipinski definition) is 10. The number of imide groups is 1. The summed E-state index contributed by atoms with van der Waals surface area (Å²) in [7, 11) is 0. The number of piperazine rings is 1. The minimum Gasteiger partial charge on any atom is -0.489 e. The Labute approximate surface area is 357 Å². The van der Waals surface area contributed by atoms with E-state index >= 15 is 0 Å². The number of nitrogens with one attached hydrogen (secondary N) is 2. The first kappa shape index (κ1) is 42.7. The van der Waals surface area contributed by atoms with E-state index in [9.17, 15) is 32.3 Å². The molecule has 13 nitrogen and oxygen atoms in total. The average Bonchev–Trinajstić information content (AvgIpc) is 3.25. The molecule has 4 fully saturated rings. The summed E-state index contributed by atoms with van der Waals surface area (Å²) in [6.45, 7) is 14.2. The van der Waals surface area contributed by atoms with Gasteiger partial charge in [-0.1, -0.05) is 27.7 Å². The molecule has 3 aromatic carbocycles. The zero-order valence-electron chi connectivity index (χ0n) is 35.3. The van der Waals surface area contributed by atoms with Gasteiger partial charge in [0.1, 0.15) is 17.9 Å². The van der Waals surface area contributed by atoms with Crippen LogP contribution in [0.3, 0.4) is 0 Å². The lowest BCUT2D eigenvalue weighted by Crippen LogP contribution is -2.74. The van der Waals surface area contributed by atoms with Gasteiger partial charge in [0.2, 0.25) is 5.91 Å². The molecule has 1 aromatic heterocycles. The lowest BCUT2D eigenvalue weighted by molar-refractivity contribution is -0.164. The molecule has 3 aliphatic heterocycles. The molecule has 8 rings (SSSR count). The zero-order chi connectivity index (χ0) is 44.1. The van der Waals surface area contributed by atoms with E-state index in [1.54, 1.807) is 18.3 Å². The molecular formula is C46H51F3N8O5. The normalized spacial score (nSPS) is 23.0. The van der Waals surface area contributed by atoms with Crippen molar-refractivity contribution in [3.63, 3.8) is 0 Å². The van der Waals surface area contributed by atoms with Gasteiger partial charge in [0.15, 0.2) is 0 Å². The van der Waals surface area contributed by atoms with Crippen LogP contribution in [0, 0.1) is 28.1 Å². The van der Waals surface area contributed by atoms with Crippen molar-refractivity contribution in [1.82, 2.24) is 25.3 Å². The van der Waals surface area contributed by atoms with Gasteiger partial charge in [0.25, 0.3) is 17.4 Å². The lowest BCUT2D eigenvalue weighted by atomic mass is 9.49. The predicted molar refractivity (Wildman–Crippen MR) is 227 cm³/mol. The minimum atomic E-state index is -4.69. The van der Waals surface area contributed by atoms with Crippen molar-refractivity contribution in [2.24, 2.45) is 16.7 Å². The molecule has 16 heteroatoms. The minimum absolute atomic E-state index is 0.0230. The number of amides is 3. The molecule has 3 amide bonds. The van der Waals surface area contributed by atoms with E-state index in [2.05, 4.69) is 30.4 Å². The Hall–Kier alpha value is -5.95. The number of nitriles is 1. The van der Waals surface area contributed by atoms with Crippen molar-refractivity contribution in [2.45, 2.75) is 77.7 Å². The number of ether oxygens (including phenoxy) is 1. The molecule has 2 N–H and O–H groups in total. The molecule has 3 saturated heterocycles. The van der Waals surface area contributed by atoms with Crippen LogP contribution >= 0.6 is 0 Å². The maximum Gasteiger partial charge on any atom is 0.417 e. The highest BCUT2D eigenvalue weighted by Crippen LogP contribution is 2.56. The number of carbonyl (C=O) groups excluding carboxylic acids is 3. The van der Waals surface area contributed by atoms with Crippen LogP contribution in [0.2, 0.25) is 0 Å². The van der Waals surface area contributed by atoms with Crippen molar-refractivity contribution in [1.29, 1.82) is 5.26 Å². The third kappa shape index (κ3) is 8.22. The Kier molecular flexibility index (Phi) is 11.3. The molecule has 4 aliphatic rings. The highest BCUT2D eigenvalue weighted by atomic mass is 19.4. The molecule has 326 valence electrons. The third-order valence-electron chi connectivity index (χ3n) is 13.4. The number of alkyl halides is 3. The number of aromatic nitrogens is 2. The molecule has 0 spiro atoms. The van der Waals surface area contributed by atoms with Crippen molar-refractivity contribution < 1.29 is 32.3 Å². The Balaban J connectivity index is 0.797. The molecule has 0 unspecified atom stereocenters. The summed E-state index contributed by atoms with van der Waals surface area (Å²) in [6, 6.07) is 17.2. The van der Waals surface area contributed by atoms with E-state index in [0.29, 0.717) is 22.3 Å². The maximum absolute atomic E-state index is 13.6. The van der Waals surface area contributed by atoms with E-state index in [1.807, 2.05) is 64.1 Å². The Morgan fingerprint density at radius 1 is 0.887 bits per heavy atom. The van der Waals surface area contributed by atoms with Gasteiger partial charge < -0.3 is 19.9 Å². The van der Waals surface area contributed by atoms with Crippen LogP contribution in [-0.2, 0) is 15.8 Å². The molecule has 0 radical (unpaired) electrons. The highest BCUT2D eigenvalue weighted by molar-refractivity contribution is 5.99. The molecule has 4 heterocycles. The monoisotopic (exact) mass is 852 g/mol. The summed E-state index contributed by atoms with van der Waals surface area (Å²) in [6.07, 6.45) is -1.04. The van der Waals surface area contributed by atoms with E-state index in [0.717, 1.165) is 82.2 Å². The fourth-order valence-electron chi connectivity index (χ4n) is 10.3. The van der Waals surface area contributed by atoms with Crippen LogP contribution < -0.4 is 30.7 Å². The largest absolute Gasteiger partial charge is 0.489 e. The zero-order valence-corrected chi connectivity index (χ0v) is 35.3. The lowest BCUT2D eigenvalue weighted by Gasteiger charge is -2.63. The molecule has 4 aromatic rings. The van der Waals surface area contributed by atoms with Gasteiger partial charge in [-0.05, 0) is 85.8 Å². The van der Waals surface area contributed by atoms with E-state index < -0.39 is 46.2 Å². The third-order valence-corrected chi connectivity index (χ3v) is 13.4. The summed E-state index contributed by atoms with van der Waals surface area (Å²) in [4.78, 5) is 57.9. The van der Waals surface area contributed by atoms with Crippen LogP contribution in [0.25, 0.3) is 10.8 Å². The number of anilines is 2. The molecule has 1 atom stereocenters. The van der Waals surface area contributed by atoms with Crippen LogP contribution in [0.1, 0.15) is 80.9 Å². The second-order valence-corrected chi connectivity index (χ2v) is 18.3. The smallest absolute Gasteiger partial charge is 0.417 e. The van der Waals surface area contributed by atoms with Crippen molar-refractivity contribution >= 4 is 39.9 Å². The highest BCUT2D eigenvalue weighted by Gasteiger charge is 2.64. The molecule has 62 heavy (non-hydrogen) atoms. The van der Waals surface area contributed by atoms with Crippen molar-refractivity contribution in [3.05, 3.63) is 93.9 Å². The number of fused-ring (bicyclic) bond motifs is 1. The van der Waals surface area contributed by atoms with Crippen LogP contribution in [0.15, 0.2) is 71.7 Å². The standard InChI is InChI=1S/C46H51F3N8O5/c1-44(2)42(45(3,4)43(44)62-34-11-7-30(25-50)36(24-34)46(47,48)49)53-39(59)29-5-8-32(9-6-29)55-17-15-28(16-18-55)27-54-19-21-56(22-20-54)33-10-12-35-31(23-33)26-51-57(41(35)61)37-13-14-38(58)52-40(37)60/h5-12,23-24,26,28,37,42-43H,13-22,27H2,1-4H3,(H,53,59)(H,52,58,60)/t37-,42-,43-/m1/s1. The van der Waals surface area contributed by atoms with Gasteiger partial charge in [-0.3, -0.25) is 29.4 Å². The molecular weight excluding hydrogens is 802 g/mol. The number of rotatable bonds is 9. The summed E-state index contributed by atoms with van der Waals surface area (Å²) >= 11 is 0. The van der Waals surface area contributed by atoms with E-state index in [1.165, 1.54) is 10.7 Å². The van der Waals surface area contributed by atoms with Gasteiger partial charge in [-0.15, -0.1) is 0 Å². The van der Waals surface area contributed by atoms with Crippen LogP contribution in [-0.4, -0.2) is 90.4 Å². The van der Waals surface area contributed by atoms with Crippen molar-refractivity contribution in [3.8, 4) is 11.8 Å². The summed E-state index contributed by atoms with van der Waals surface area (Å²) in [5.74, 6) is -0.474. The summed E-state index contributed by atoms with van der Waals surface area (Å²) in [5, 5.41) is 20.1. The Bertz CT molecular complexity index is 2470. The summed E-state index contributed by atoms with van der Waals surface area (Å²) < 4.78 is 48.1. The first-order chi connectivity index (χ1) is 29.4. The Morgan fingerprint density at radius 2 is 1.55 bits per heavy atom. The van der Waals surface area contributed by atoms with Crippen LogP contribution in [0.5, 0.6) is 5.75 Å².